The molecule has 0 bridgehead atoms. The van der Waals surface area contributed by atoms with Crippen LogP contribution in [-0.2, 0) is 5.54 Å². The molecule has 0 saturated carbocycles. The molecule has 18 heavy (non-hydrogen) atoms. The molecule has 1 aromatic rings. The highest BCUT2D eigenvalue weighted by Crippen LogP contribution is 2.19. The number of hydrogen-bond acceptors (Lipinski definition) is 1. The van der Waals surface area contributed by atoms with Gasteiger partial charge in [0.2, 0.25) is 0 Å². The first-order chi connectivity index (χ1) is 8.45. The molecule has 0 aliphatic rings. The summed E-state index contributed by atoms with van der Waals surface area (Å²) < 4.78 is 12.8. The van der Waals surface area contributed by atoms with Gasteiger partial charge in [-0.2, -0.15) is 0 Å². The number of urea groups is 1. The Morgan fingerprint density at radius 3 is 2.44 bits per heavy atom. The van der Waals surface area contributed by atoms with Gasteiger partial charge in [0.05, 0.1) is 5.54 Å². The number of carbonyl (C=O) groups excluding carboxylic acids is 1. The molecule has 2 N–H and O–H groups in total. The summed E-state index contributed by atoms with van der Waals surface area (Å²) >= 11 is 0. The molecule has 1 rings (SSSR count). The van der Waals surface area contributed by atoms with Crippen LogP contribution in [-0.4, -0.2) is 12.6 Å². The van der Waals surface area contributed by atoms with E-state index in [2.05, 4.69) is 17.6 Å². The van der Waals surface area contributed by atoms with E-state index in [0.29, 0.717) is 6.54 Å². The van der Waals surface area contributed by atoms with Crippen molar-refractivity contribution < 1.29 is 9.18 Å². The van der Waals surface area contributed by atoms with Crippen LogP contribution in [0.1, 0.15) is 39.2 Å². The summed E-state index contributed by atoms with van der Waals surface area (Å²) in [7, 11) is 0. The Hall–Kier alpha value is -1.58. The number of rotatable bonds is 5. The molecular weight excluding hydrogens is 231 g/mol. The van der Waals surface area contributed by atoms with E-state index in [1.807, 2.05) is 13.8 Å². The average Bonchev–Trinajstić information content (AvgIpc) is 2.29. The topological polar surface area (TPSA) is 41.1 Å². The fraction of sp³-hybridized carbons (Fsp3) is 0.500. The van der Waals surface area contributed by atoms with Crippen molar-refractivity contribution in [1.82, 2.24) is 10.6 Å². The third-order valence-corrected chi connectivity index (χ3v) is 2.81. The number of halogens is 1. The van der Waals surface area contributed by atoms with Crippen LogP contribution in [0.2, 0.25) is 0 Å². The van der Waals surface area contributed by atoms with Crippen LogP contribution in [0.3, 0.4) is 0 Å². The van der Waals surface area contributed by atoms with Gasteiger partial charge in [-0.15, -0.1) is 0 Å². The van der Waals surface area contributed by atoms with Crippen LogP contribution in [0.15, 0.2) is 24.3 Å². The largest absolute Gasteiger partial charge is 0.338 e. The molecule has 1 aromatic carbocycles. The molecule has 0 aliphatic carbocycles. The second kappa shape index (κ2) is 6.38. The third-order valence-electron chi connectivity index (χ3n) is 2.81. The van der Waals surface area contributed by atoms with Crippen molar-refractivity contribution >= 4 is 6.03 Å². The maximum Gasteiger partial charge on any atom is 0.315 e. The van der Waals surface area contributed by atoms with Crippen molar-refractivity contribution in [1.29, 1.82) is 0 Å². The maximum atomic E-state index is 12.8. The fourth-order valence-corrected chi connectivity index (χ4v) is 1.65. The predicted octanol–water partition coefficient (Wildman–Crippen LogP) is 3.16. The van der Waals surface area contributed by atoms with Crippen LogP contribution in [0.5, 0.6) is 0 Å². The van der Waals surface area contributed by atoms with Crippen LogP contribution in [0, 0.1) is 5.82 Å². The Kier molecular flexibility index (Phi) is 5.13. The Balaban J connectivity index is 2.58. The molecule has 3 nitrogen and oxygen atoms in total. The lowest BCUT2D eigenvalue weighted by atomic mass is 9.94. The highest BCUT2D eigenvalue weighted by atomic mass is 19.1. The molecule has 0 radical (unpaired) electrons. The molecule has 100 valence electrons. The maximum absolute atomic E-state index is 12.8. The fourth-order valence-electron chi connectivity index (χ4n) is 1.65. The van der Waals surface area contributed by atoms with E-state index in [1.54, 1.807) is 12.1 Å². The van der Waals surface area contributed by atoms with Gasteiger partial charge in [0.25, 0.3) is 0 Å². The van der Waals surface area contributed by atoms with Crippen molar-refractivity contribution in [3.63, 3.8) is 0 Å². The van der Waals surface area contributed by atoms with Gasteiger partial charge in [0.15, 0.2) is 0 Å². The summed E-state index contributed by atoms with van der Waals surface area (Å²) in [6.07, 6.45) is 2.01. The van der Waals surface area contributed by atoms with Gasteiger partial charge in [-0.3, -0.25) is 0 Å². The number of amides is 2. The minimum Gasteiger partial charge on any atom is -0.338 e. The lowest BCUT2D eigenvalue weighted by Gasteiger charge is -2.27. The van der Waals surface area contributed by atoms with Crippen molar-refractivity contribution in [2.24, 2.45) is 0 Å². The summed E-state index contributed by atoms with van der Waals surface area (Å²) in [6, 6.07) is 5.96. The minimum atomic E-state index is -0.524. The minimum absolute atomic E-state index is 0.197. The molecule has 0 atom stereocenters. The Bertz CT molecular complexity index is 387. The number of nitrogens with one attached hydrogen (secondary N) is 2. The first-order valence-electron chi connectivity index (χ1n) is 6.28. The first-order valence-corrected chi connectivity index (χ1v) is 6.28. The van der Waals surface area contributed by atoms with Gasteiger partial charge in [0.1, 0.15) is 5.82 Å². The van der Waals surface area contributed by atoms with E-state index in [4.69, 9.17) is 0 Å². The number of hydrogen-bond donors (Lipinski definition) is 2. The Labute approximate surface area is 108 Å². The summed E-state index contributed by atoms with van der Waals surface area (Å²) in [5.74, 6) is -0.276. The van der Waals surface area contributed by atoms with E-state index >= 15 is 0 Å². The van der Waals surface area contributed by atoms with Crippen LogP contribution in [0.25, 0.3) is 0 Å². The summed E-state index contributed by atoms with van der Waals surface area (Å²) in [4.78, 5) is 11.7. The van der Waals surface area contributed by atoms with Gasteiger partial charge < -0.3 is 10.6 Å². The standard InChI is InChI=1S/C14H21FN2O/c1-4-5-10-16-13(18)17-14(2,3)11-6-8-12(15)9-7-11/h6-9H,4-5,10H2,1-3H3,(H2,16,17,18). The monoisotopic (exact) mass is 252 g/mol. The molecule has 4 heteroatoms. The van der Waals surface area contributed by atoms with Gasteiger partial charge in [-0.1, -0.05) is 25.5 Å². The SMILES string of the molecule is CCCCNC(=O)NC(C)(C)c1ccc(F)cc1. The zero-order valence-electron chi connectivity index (χ0n) is 11.2. The Morgan fingerprint density at radius 1 is 1.28 bits per heavy atom. The van der Waals surface area contributed by atoms with Crippen molar-refractivity contribution in [3.8, 4) is 0 Å². The van der Waals surface area contributed by atoms with Crippen molar-refractivity contribution in [3.05, 3.63) is 35.6 Å². The molecule has 0 fully saturated rings. The highest BCUT2D eigenvalue weighted by molar-refractivity contribution is 5.74. The van der Waals surface area contributed by atoms with E-state index in [1.165, 1.54) is 12.1 Å². The number of carbonyl (C=O) groups is 1. The van der Waals surface area contributed by atoms with E-state index in [-0.39, 0.29) is 11.8 Å². The van der Waals surface area contributed by atoms with Gasteiger partial charge in [-0.05, 0) is 38.0 Å². The average molecular weight is 252 g/mol. The van der Waals surface area contributed by atoms with Gasteiger partial charge in [-0.25, -0.2) is 9.18 Å². The third kappa shape index (κ3) is 4.35. The van der Waals surface area contributed by atoms with E-state index < -0.39 is 5.54 Å². The lowest BCUT2D eigenvalue weighted by molar-refractivity contribution is 0.230. The summed E-state index contributed by atoms with van der Waals surface area (Å²) in [5, 5.41) is 5.68. The summed E-state index contributed by atoms with van der Waals surface area (Å²) in [5.41, 5.74) is 0.346. The molecule has 0 spiro atoms. The second-order valence-corrected chi connectivity index (χ2v) is 4.87. The molecule has 2 amide bonds. The van der Waals surface area contributed by atoms with E-state index in [0.717, 1.165) is 18.4 Å². The number of benzene rings is 1. The first kappa shape index (κ1) is 14.5. The van der Waals surface area contributed by atoms with Crippen LogP contribution >= 0.6 is 0 Å². The zero-order chi connectivity index (χ0) is 13.6. The normalized spacial score (nSPS) is 11.1. The molecule has 0 heterocycles. The van der Waals surface area contributed by atoms with E-state index in [9.17, 15) is 9.18 Å². The summed E-state index contributed by atoms with van der Waals surface area (Å²) in [6.45, 7) is 6.52. The molecule has 0 saturated heterocycles. The second-order valence-electron chi connectivity index (χ2n) is 4.87. The molecule has 0 aromatic heterocycles. The predicted molar refractivity (Wildman–Crippen MR) is 70.9 cm³/mol. The van der Waals surface area contributed by atoms with Gasteiger partial charge >= 0.3 is 6.03 Å². The molecule has 0 unspecified atom stereocenters. The molecular formula is C14H21FN2O. The highest BCUT2D eigenvalue weighted by Gasteiger charge is 2.22. The quantitative estimate of drug-likeness (QED) is 0.776. The van der Waals surface area contributed by atoms with Crippen LogP contribution in [0.4, 0.5) is 9.18 Å². The van der Waals surface area contributed by atoms with Crippen LogP contribution < -0.4 is 10.6 Å². The lowest BCUT2D eigenvalue weighted by Crippen LogP contribution is -2.46. The smallest absolute Gasteiger partial charge is 0.315 e. The van der Waals surface area contributed by atoms with Crippen molar-refractivity contribution in [2.45, 2.75) is 39.2 Å². The zero-order valence-corrected chi connectivity index (χ0v) is 11.2. The number of unbranched alkanes of at least 4 members (excludes halogenated alkanes) is 1. The molecule has 0 aliphatic heterocycles. The van der Waals surface area contributed by atoms with Crippen molar-refractivity contribution in [2.75, 3.05) is 6.54 Å². The Morgan fingerprint density at radius 2 is 1.89 bits per heavy atom. The van der Waals surface area contributed by atoms with Gasteiger partial charge in [0, 0.05) is 6.54 Å².